The van der Waals surface area contributed by atoms with Gasteiger partial charge >= 0.3 is 12.1 Å². The standard InChI is InChI=1S/C15H16F3NO3/c1-8(6-13(20)21)19-14(22)12-7-11(12)9-2-4-10(5-3-9)15(16,17)18/h2-5,8,11-12H,6-7H2,1H3,(H,19,22)(H,20,21). The van der Waals surface area contributed by atoms with Gasteiger partial charge in [-0.05, 0) is 37.0 Å². The van der Waals surface area contributed by atoms with Crippen molar-refractivity contribution in [2.45, 2.75) is 37.9 Å². The molecule has 1 aliphatic rings. The van der Waals surface area contributed by atoms with Crippen molar-refractivity contribution in [1.29, 1.82) is 0 Å². The predicted molar refractivity (Wildman–Crippen MR) is 72.1 cm³/mol. The van der Waals surface area contributed by atoms with E-state index >= 15 is 0 Å². The lowest BCUT2D eigenvalue weighted by Crippen LogP contribution is -2.35. The summed E-state index contributed by atoms with van der Waals surface area (Å²) in [5.74, 6) is -1.64. The number of nitrogens with one attached hydrogen (secondary N) is 1. The van der Waals surface area contributed by atoms with Gasteiger partial charge in [-0.3, -0.25) is 9.59 Å². The monoisotopic (exact) mass is 315 g/mol. The Kier molecular flexibility index (Phi) is 4.44. The molecule has 2 N–H and O–H groups in total. The molecular formula is C15H16F3NO3. The largest absolute Gasteiger partial charge is 0.481 e. The minimum Gasteiger partial charge on any atom is -0.481 e. The summed E-state index contributed by atoms with van der Waals surface area (Å²) < 4.78 is 37.4. The van der Waals surface area contributed by atoms with Crippen molar-refractivity contribution in [1.82, 2.24) is 5.32 Å². The Morgan fingerprint density at radius 3 is 2.41 bits per heavy atom. The first kappa shape index (κ1) is 16.3. The number of carbonyl (C=O) groups excluding carboxylic acids is 1. The van der Waals surface area contributed by atoms with Crippen LogP contribution < -0.4 is 5.32 Å². The molecule has 2 rings (SSSR count). The normalized spacial score (nSPS) is 22.0. The number of hydrogen-bond acceptors (Lipinski definition) is 2. The van der Waals surface area contributed by atoms with E-state index in [2.05, 4.69) is 5.32 Å². The van der Waals surface area contributed by atoms with E-state index < -0.39 is 23.8 Å². The molecule has 120 valence electrons. The van der Waals surface area contributed by atoms with Crippen LogP contribution >= 0.6 is 0 Å². The first-order valence-corrected chi connectivity index (χ1v) is 6.88. The Bertz CT molecular complexity index is 568. The van der Waals surface area contributed by atoms with Gasteiger partial charge in [-0.2, -0.15) is 13.2 Å². The van der Waals surface area contributed by atoms with Crippen molar-refractivity contribution in [2.75, 3.05) is 0 Å². The summed E-state index contributed by atoms with van der Waals surface area (Å²) in [6.45, 7) is 1.60. The topological polar surface area (TPSA) is 66.4 Å². The van der Waals surface area contributed by atoms with Gasteiger partial charge in [0.15, 0.2) is 0 Å². The van der Waals surface area contributed by atoms with Crippen LogP contribution in [0.25, 0.3) is 0 Å². The van der Waals surface area contributed by atoms with Gasteiger partial charge in [0.25, 0.3) is 0 Å². The van der Waals surface area contributed by atoms with Gasteiger partial charge in [-0.1, -0.05) is 12.1 Å². The molecule has 3 atom stereocenters. The highest BCUT2D eigenvalue weighted by molar-refractivity contribution is 5.83. The number of amides is 1. The zero-order valence-corrected chi connectivity index (χ0v) is 11.9. The lowest BCUT2D eigenvalue weighted by Gasteiger charge is -2.11. The number of carbonyl (C=O) groups is 2. The lowest BCUT2D eigenvalue weighted by atomic mass is 10.1. The van der Waals surface area contributed by atoms with E-state index in [0.717, 1.165) is 12.1 Å². The van der Waals surface area contributed by atoms with E-state index in [1.807, 2.05) is 0 Å². The van der Waals surface area contributed by atoms with Crippen LogP contribution in [0.3, 0.4) is 0 Å². The molecule has 0 bridgehead atoms. The lowest BCUT2D eigenvalue weighted by molar-refractivity contribution is -0.138. The summed E-state index contributed by atoms with van der Waals surface area (Å²) >= 11 is 0. The number of hydrogen-bond donors (Lipinski definition) is 2. The van der Waals surface area contributed by atoms with Gasteiger partial charge in [-0.15, -0.1) is 0 Å². The fourth-order valence-electron chi connectivity index (χ4n) is 2.44. The first-order valence-electron chi connectivity index (χ1n) is 6.88. The van der Waals surface area contributed by atoms with Crippen molar-refractivity contribution in [3.63, 3.8) is 0 Å². The molecule has 3 unspecified atom stereocenters. The van der Waals surface area contributed by atoms with Gasteiger partial charge < -0.3 is 10.4 Å². The molecular weight excluding hydrogens is 299 g/mol. The molecule has 1 aliphatic carbocycles. The number of rotatable bonds is 5. The van der Waals surface area contributed by atoms with E-state index in [9.17, 15) is 22.8 Å². The molecule has 22 heavy (non-hydrogen) atoms. The van der Waals surface area contributed by atoms with Crippen molar-refractivity contribution < 1.29 is 27.9 Å². The van der Waals surface area contributed by atoms with Crippen molar-refractivity contribution in [2.24, 2.45) is 5.92 Å². The Labute approximate surface area is 125 Å². The Hall–Kier alpha value is -2.05. The highest BCUT2D eigenvalue weighted by Crippen LogP contribution is 2.48. The summed E-state index contributed by atoms with van der Waals surface area (Å²) in [6, 6.07) is 4.33. The fourth-order valence-corrected chi connectivity index (χ4v) is 2.44. The molecule has 1 aromatic carbocycles. The number of carboxylic acids is 1. The molecule has 1 amide bonds. The van der Waals surface area contributed by atoms with Gasteiger partial charge in [0, 0.05) is 12.0 Å². The van der Waals surface area contributed by atoms with Crippen molar-refractivity contribution in [3.8, 4) is 0 Å². The van der Waals surface area contributed by atoms with Gasteiger partial charge in [-0.25, -0.2) is 0 Å². The number of aliphatic carboxylic acids is 1. The molecule has 0 aliphatic heterocycles. The van der Waals surface area contributed by atoms with Crippen LogP contribution in [-0.4, -0.2) is 23.0 Å². The SMILES string of the molecule is CC(CC(=O)O)NC(=O)C1CC1c1ccc(C(F)(F)F)cc1. The molecule has 7 heteroatoms. The molecule has 4 nitrogen and oxygen atoms in total. The Morgan fingerprint density at radius 2 is 1.91 bits per heavy atom. The molecule has 0 heterocycles. The van der Waals surface area contributed by atoms with Crippen LogP contribution in [0.1, 0.15) is 36.8 Å². The fraction of sp³-hybridized carbons (Fsp3) is 0.467. The molecule has 0 radical (unpaired) electrons. The van der Waals surface area contributed by atoms with E-state index in [4.69, 9.17) is 5.11 Å². The molecule has 1 saturated carbocycles. The van der Waals surface area contributed by atoms with E-state index in [0.29, 0.717) is 12.0 Å². The second-order valence-electron chi connectivity index (χ2n) is 5.58. The second-order valence-corrected chi connectivity index (χ2v) is 5.58. The maximum atomic E-state index is 12.5. The Morgan fingerprint density at radius 1 is 1.32 bits per heavy atom. The highest BCUT2D eigenvalue weighted by atomic mass is 19.4. The van der Waals surface area contributed by atoms with Crippen molar-refractivity contribution in [3.05, 3.63) is 35.4 Å². The predicted octanol–water partition coefficient (Wildman–Crippen LogP) is 2.79. The quantitative estimate of drug-likeness (QED) is 0.878. The first-order chi connectivity index (χ1) is 10.2. The molecule has 0 saturated heterocycles. The number of halogens is 3. The smallest absolute Gasteiger partial charge is 0.416 e. The van der Waals surface area contributed by atoms with Crippen LogP contribution in [0.15, 0.2) is 24.3 Å². The number of carboxylic acid groups (broad SMARTS) is 1. The van der Waals surface area contributed by atoms with Crippen LogP contribution in [0.5, 0.6) is 0 Å². The number of benzene rings is 1. The van der Waals surface area contributed by atoms with E-state index in [1.165, 1.54) is 12.1 Å². The minimum absolute atomic E-state index is 0.0979. The molecule has 0 spiro atoms. The summed E-state index contributed by atoms with van der Waals surface area (Å²) in [7, 11) is 0. The third-order valence-corrected chi connectivity index (χ3v) is 3.66. The summed E-state index contributed by atoms with van der Waals surface area (Å²) in [5.41, 5.74) is -0.0213. The van der Waals surface area contributed by atoms with Gasteiger partial charge in [0.05, 0.1) is 12.0 Å². The van der Waals surface area contributed by atoms with Crippen molar-refractivity contribution >= 4 is 11.9 Å². The van der Waals surface area contributed by atoms with Gasteiger partial charge in [0.2, 0.25) is 5.91 Å². The zero-order valence-electron chi connectivity index (χ0n) is 11.9. The summed E-state index contributed by atoms with van der Waals surface area (Å²) in [6.07, 6.45) is -3.97. The zero-order chi connectivity index (χ0) is 16.5. The average molecular weight is 315 g/mol. The minimum atomic E-state index is -4.37. The highest BCUT2D eigenvalue weighted by Gasteiger charge is 2.44. The molecule has 1 fully saturated rings. The maximum Gasteiger partial charge on any atom is 0.416 e. The second kappa shape index (κ2) is 5.98. The van der Waals surface area contributed by atoms with E-state index in [1.54, 1.807) is 6.92 Å². The third-order valence-electron chi connectivity index (χ3n) is 3.66. The third kappa shape index (κ3) is 3.99. The van der Waals surface area contributed by atoms with Crippen LogP contribution in [0.4, 0.5) is 13.2 Å². The molecule has 1 aromatic rings. The van der Waals surface area contributed by atoms with Gasteiger partial charge in [0.1, 0.15) is 0 Å². The molecule has 0 aromatic heterocycles. The van der Waals surface area contributed by atoms with E-state index in [-0.39, 0.29) is 24.2 Å². The summed E-state index contributed by atoms with van der Waals surface area (Å²) in [5, 5.41) is 11.2. The summed E-state index contributed by atoms with van der Waals surface area (Å²) in [4.78, 5) is 22.5. The maximum absolute atomic E-state index is 12.5. The van der Waals surface area contributed by atoms with Crippen LogP contribution in [0, 0.1) is 5.92 Å². The average Bonchev–Trinajstić information content (AvgIpc) is 3.17. The number of alkyl halides is 3. The Balaban J connectivity index is 1.92. The van der Waals surface area contributed by atoms with Crippen LogP contribution in [-0.2, 0) is 15.8 Å². The van der Waals surface area contributed by atoms with Crippen LogP contribution in [0.2, 0.25) is 0 Å².